The Morgan fingerprint density at radius 3 is 2.45 bits per heavy atom. The number of rotatable bonds is 4. The van der Waals surface area contributed by atoms with Crippen LogP contribution in [-0.2, 0) is 0 Å². The van der Waals surface area contributed by atoms with E-state index >= 15 is 0 Å². The lowest BCUT2D eigenvalue weighted by Crippen LogP contribution is -2.34. The highest BCUT2D eigenvalue weighted by molar-refractivity contribution is 9.10. The fourth-order valence-electron chi connectivity index (χ4n) is 2.92. The molecule has 2 atom stereocenters. The van der Waals surface area contributed by atoms with Crippen molar-refractivity contribution in [3.63, 3.8) is 0 Å². The van der Waals surface area contributed by atoms with Gasteiger partial charge in [0.25, 0.3) is 5.69 Å². The van der Waals surface area contributed by atoms with Crippen molar-refractivity contribution in [3.05, 3.63) is 32.3 Å². The molecule has 0 saturated heterocycles. The van der Waals surface area contributed by atoms with E-state index in [0.29, 0.717) is 0 Å². The summed E-state index contributed by atoms with van der Waals surface area (Å²) in [4.78, 5) is 10.4. The van der Waals surface area contributed by atoms with Gasteiger partial charge in [-0.1, -0.05) is 19.3 Å². The summed E-state index contributed by atoms with van der Waals surface area (Å²) in [5.41, 5.74) is 6.09. The van der Waals surface area contributed by atoms with Crippen LogP contribution in [0.15, 0.2) is 16.6 Å². The second-order valence-electron chi connectivity index (χ2n) is 5.54. The molecule has 0 amide bonds. The minimum absolute atomic E-state index is 0. The van der Waals surface area contributed by atoms with Gasteiger partial charge in [-0.15, -0.1) is 12.4 Å². The average Bonchev–Trinajstić information content (AvgIpc) is 2.49. The van der Waals surface area contributed by atoms with Crippen molar-refractivity contribution >= 4 is 34.0 Å². The van der Waals surface area contributed by atoms with Crippen LogP contribution >= 0.6 is 28.3 Å². The van der Waals surface area contributed by atoms with E-state index in [1.165, 1.54) is 12.1 Å². The first-order chi connectivity index (χ1) is 9.91. The van der Waals surface area contributed by atoms with Crippen LogP contribution in [-0.4, -0.2) is 21.2 Å². The van der Waals surface area contributed by atoms with Gasteiger partial charge < -0.3 is 15.9 Å². The molecular weight excluding hydrogens is 376 g/mol. The van der Waals surface area contributed by atoms with Gasteiger partial charge in [0, 0.05) is 17.7 Å². The van der Waals surface area contributed by atoms with Gasteiger partial charge in [-0.2, -0.15) is 0 Å². The van der Waals surface area contributed by atoms with Crippen LogP contribution in [0.4, 0.5) is 5.69 Å². The lowest BCUT2D eigenvalue weighted by molar-refractivity contribution is -0.385. The van der Waals surface area contributed by atoms with Crippen molar-refractivity contribution in [1.29, 1.82) is 0 Å². The lowest BCUT2D eigenvalue weighted by Gasteiger charge is -2.30. The SMILES string of the molecule is Cl.N[C@H](c1cc([N+](=O)[O-])cc(Br)c1O)[C@@H](O)C1CCCCC1. The Morgan fingerprint density at radius 2 is 1.91 bits per heavy atom. The van der Waals surface area contributed by atoms with Crippen LogP contribution in [0.3, 0.4) is 0 Å². The van der Waals surface area contributed by atoms with Crippen molar-refractivity contribution in [2.75, 3.05) is 0 Å². The van der Waals surface area contributed by atoms with Gasteiger partial charge in [0.15, 0.2) is 0 Å². The summed E-state index contributed by atoms with van der Waals surface area (Å²) >= 11 is 3.09. The molecular formula is C14H20BrClN2O4. The summed E-state index contributed by atoms with van der Waals surface area (Å²) in [5, 5.41) is 31.4. The number of nitro groups is 1. The molecule has 8 heteroatoms. The Bertz CT molecular complexity index is 538. The highest BCUT2D eigenvalue weighted by atomic mass is 79.9. The van der Waals surface area contributed by atoms with Crippen molar-refractivity contribution in [1.82, 2.24) is 0 Å². The molecule has 0 spiro atoms. The maximum Gasteiger partial charge on any atom is 0.271 e. The smallest absolute Gasteiger partial charge is 0.271 e. The van der Waals surface area contributed by atoms with Crippen molar-refractivity contribution in [3.8, 4) is 5.75 Å². The molecule has 2 rings (SSSR count). The highest BCUT2D eigenvalue weighted by Crippen LogP contribution is 2.39. The number of phenols is 1. The zero-order valence-electron chi connectivity index (χ0n) is 11.9. The Balaban J connectivity index is 0.00000242. The second kappa shape index (κ2) is 8.10. The third-order valence-electron chi connectivity index (χ3n) is 4.15. The van der Waals surface area contributed by atoms with E-state index in [1.807, 2.05) is 0 Å². The molecule has 1 aromatic carbocycles. The van der Waals surface area contributed by atoms with Crippen molar-refractivity contribution in [2.45, 2.75) is 44.2 Å². The summed E-state index contributed by atoms with van der Waals surface area (Å²) in [7, 11) is 0. The first-order valence-corrected chi connectivity index (χ1v) is 7.81. The fourth-order valence-corrected chi connectivity index (χ4v) is 3.38. The van der Waals surface area contributed by atoms with Gasteiger partial charge in [0.05, 0.1) is 21.5 Å². The van der Waals surface area contributed by atoms with Gasteiger partial charge in [0.2, 0.25) is 0 Å². The number of aliphatic hydroxyl groups is 1. The first kappa shape index (κ1) is 19.2. The van der Waals surface area contributed by atoms with E-state index in [0.717, 1.165) is 32.1 Å². The van der Waals surface area contributed by atoms with Crippen LogP contribution in [0.25, 0.3) is 0 Å². The Kier molecular flexibility index (Phi) is 7.05. The maximum absolute atomic E-state index is 10.9. The van der Waals surface area contributed by atoms with Gasteiger partial charge in [0.1, 0.15) is 5.75 Å². The second-order valence-corrected chi connectivity index (χ2v) is 6.39. The quantitative estimate of drug-likeness (QED) is 0.534. The maximum atomic E-state index is 10.9. The standard InChI is InChI=1S/C14H19BrN2O4.ClH/c15-11-7-9(17(20)21)6-10(14(11)19)12(16)13(18)8-4-2-1-3-5-8;/h6-8,12-13,18-19H,1-5,16H2;1H/t12-,13+;/m1./s1. The fraction of sp³-hybridized carbons (Fsp3) is 0.571. The van der Waals surface area contributed by atoms with E-state index < -0.39 is 17.1 Å². The molecule has 1 aliphatic carbocycles. The summed E-state index contributed by atoms with van der Waals surface area (Å²) in [6.45, 7) is 0. The first-order valence-electron chi connectivity index (χ1n) is 7.02. The molecule has 0 radical (unpaired) electrons. The molecule has 0 unspecified atom stereocenters. The minimum atomic E-state index is -0.843. The van der Waals surface area contributed by atoms with Crippen molar-refractivity contribution in [2.24, 2.45) is 11.7 Å². The number of non-ortho nitro benzene ring substituents is 1. The number of aromatic hydroxyl groups is 1. The largest absolute Gasteiger partial charge is 0.506 e. The third kappa shape index (κ3) is 4.10. The Labute approximate surface area is 143 Å². The molecule has 6 nitrogen and oxygen atoms in total. The van der Waals surface area contributed by atoms with Gasteiger partial charge in [-0.3, -0.25) is 10.1 Å². The average molecular weight is 396 g/mol. The number of hydrogen-bond donors (Lipinski definition) is 3. The van der Waals surface area contributed by atoms with Crippen LogP contribution in [0.5, 0.6) is 5.75 Å². The zero-order chi connectivity index (χ0) is 15.6. The van der Waals surface area contributed by atoms with E-state index in [1.54, 1.807) is 0 Å². The molecule has 22 heavy (non-hydrogen) atoms. The van der Waals surface area contributed by atoms with Crippen LogP contribution in [0, 0.1) is 16.0 Å². The van der Waals surface area contributed by atoms with Gasteiger partial charge in [-0.25, -0.2) is 0 Å². The monoisotopic (exact) mass is 394 g/mol. The lowest BCUT2D eigenvalue weighted by atomic mass is 9.81. The Morgan fingerprint density at radius 1 is 1.32 bits per heavy atom. The Hall–Kier alpha value is -0.890. The number of nitro benzene ring substituents is 1. The summed E-state index contributed by atoms with van der Waals surface area (Å²) < 4.78 is 0.206. The number of benzene rings is 1. The van der Waals surface area contributed by atoms with Gasteiger partial charge in [-0.05, 0) is 34.7 Å². The van der Waals surface area contributed by atoms with E-state index in [4.69, 9.17) is 5.73 Å². The number of phenolic OH excluding ortho intramolecular Hbond substituents is 1. The molecule has 0 aliphatic heterocycles. The van der Waals surface area contributed by atoms with Crippen LogP contribution < -0.4 is 5.73 Å². The molecule has 0 aromatic heterocycles. The molecule has 0 bridgehead atoms. The molecule has 1 fully saturated rings. The predicted octanol–water partition coefficient (Wildman–Crippen LogP) is 3.43. The predicted molar refractivity (Wildman–Crippen MR) is 89.2 cm³/mol. The number of nitrogens with two attached hydrogens (primary N) is 1. The molecule has 4 N–H and O–H groups in total. The van der Waals surface area contributed by atoms with Gasteiger partial charge >= 0.3 is 0 Å². The van der Waals surface area contributed by atoms with E-state index in [-0.39, 0.29) is 39.8 Å². The zero-order valence-corrected chi connectivity index (χ0v) is 14.3. The number of hydrogen-bond acceptors (Lipinski definition) is 5. The summed E-state index contributed by atoms with van der Waals surface area (Å²) in [5.74, 6) is -0.0749. The number of nitrogens with zero attached hydrogens (tertiary/aromatic N) is 1. The minimum Gasteiger partial charge on any atom is -0.506 e. The summed E-state index contributed by atoms with van der Waals surface area (Å²) in [6.07, 6.45) is 4.24. The molecule has 124 valence electrons. The van der Waals surface area contributed by atoms with Crippen LogP contribution in [0.2, 0.25) is 0 Å². The molecule has 1 aromatic rings. The normalized spacial score (nSPS) is 18.3. The topological polar surface area (TPSA) is 110 Å². The highest BCUT2D eigenvalue weighted by Gasteiger charge is 2.30. The number of halogens is 2. The van der Waals surface area contributed by atoms with Crippen molar-refractivity contribution < 1.29 is 15.1 Å². The molecule has 1 saturated carbocycles. The molecule has 1 aliphatic rings. The number of aliphatic hydroxyl groups excluding tert-OH is 1. The third-order valence-corrected chi connectivity index (χ3v) is 4.75. The van der Waals surface area contributed by atoms with E-state index in [2.05, 4.69) is 15.9 Å². The summed E-state index contributed by atoms with van der Waals surface area (Å²) in [6, 6.07) is 1.61. The molecule has 0 heterocycles. The van der Waals surface area contributed by atoms with E-state index in [9.17, 15) is 20.3 Å². The van der Waals surface area contributed by atoms with Crippen LogP contribution in [0.1, 0.15) is 43.7 Å².